The number of fused-ring (bicyclic) bond motifs is 1. The van der Waals surface area contributed by atoms with E-state index in [4.69, 9.17) is 0 Å². The number of hydrogen-bond acceptors (Lipinski definition) is 4. The van der Waals surface area contributed by atoms with Gasteiger partial charge in [0.15, 0.2) is 0 Å². The highest BCUT2D eigenvalue weighted by Gasteiger charge is 2.23. The number of para-hydroxylation sites is 2. The third-order valence-corrected chi connectivity index (χ3v) is 6.69. The molecule has 0 aliphatic carbocycles. The van der Waals surface area contributed by atoms with Crippen LogP contribution >= 0.6 is 0 Å². The molecule has 0 aliphatic rings. The second-order valence-corrected chi connectivity index (χ2v) is 9.09. The summed E-state index contributed by atoms with van der Waals surface area (Å²) in [6, 6.07) is 20.3. The van der Waals surface area contributed by atoms with Gasteiger partial charge in [-0.15, -0.1) is 0 Å². The number of amides is 1. The minimum Gasteiger partial charge on any atom is -0.345 e. The molecule has 0 fully saturated rings. The van der Waals surface area contributed by atoms with Crippen molar-refractivity contribution >= 4 is 32.5 Å². The Bertz CT molecular complexity index is 1420. The average molecular weight is 464 g/mol. The Morgan fingerprint density at radius 1 is 0.970 bits per heavy atom. The van der Waals surface area contributed by atoms with Crippen molar-refractivity contribution in [2.45, 2.75) is 24.3 Å². The molecule has 0 radical (unpaired) electrons. The maximum absolute atomic E-state index is 14.2. The number of aromatic nitrogens is 1. The Labute approximate surface area is 191 Å². The first kappa shape index (κ1) is 22.4. The molecule has 1 unspecified atom stereocenters. The number of carbonyl (C=O) groups excluding carboxylic acids is 1. The van der Waals surface area contributed by atoms with Gasteiger partial charge in [-0.05, 0) is 36.8 Å². The molecule has 0 aliphatic heterocycles. The van der Waals surface area contributed by atoms with Crippen LogP contribution in [-0.2, 0) is 10.0 Å². The van der Waals surface area contributed by atoms with Crippen LogP contribution < -0.4 is 10.0 Å². The predicted molar refractivity (Wildman–Crippen MR) is 126 cm³/mol. The predicted octanol–water partition coefficient (Wildman–Crippen LogP) is 5.06. The summed E-state index contributed by atoms with van der Waals surface area (Å²) in [5.41, 5.74) is 0.948. The van der Waals surface area contributed by atoms with Gasteiger partial charge in [0.25, 0.3) is 15.9 Å². The van der Waals surface area contributed by atoms with Crippen LogP contribution in [0.3, 0.4) is 0 Å². The summed E-state index contributed by atoms with van der Waals surface area (Å²) in [6.07, 6.45) is 1.98. The van der Waals surface area contributed by atoms with Crippen molar-refractivity contribution < 1.29 is 17.6 Å². The number of carbonyl (C=O) groups is 1. The van der Waals surface area contributed by atoms with Gasteiger partial charge in [0.1, 0.15) is 10.7 Å². The number of benzene rings is 3. The quantitative estimate of drug-likeness (QED) is 0.401. The molecular weight excluding hydrogens is 441 g/mol. The highest BCUT2D eigenvalue weighted by Crippen LogP contribution is 2.26. The van der Waals surface area contributed by atoms with Gasteiger partial charge in [-0.25, -0.2) is 12.8 Å². The van der Waals surface area contributed by atoms with E-state index in [0.717, 1.165) is 0 Å². The molecular formula is C25H22FN3O3S. The monoisotopic (exact) mass is 463 g/mol. The summed E-state index contributed by atoms with van der Waals surface area (Å²) in [6.45, 7) is 1.83. The van der Waals surface area contributed by atoms with Crippen LogP contribution in [-0.4, -0.2) is 19.3 Å². The lowest BCUT2D eigenvalue weighted by Crippen LogP contribution is -2.29. The number of rotatable bonds is 7. The van der Waals surface area contributed by atoms with E-state index >= 15 is 0 Å². The van der Waals surface area contributed by atoms with Crippen molar-refractivity contribution in [2.24, 2.45) is 0 Å². The fourth-order valence-corrected chi connectivity index (χ4v) is 4.92. The summed E-state index contributed by atoms with van der Waals surface area (Å²) in [5, 5.41) is 3.49. The number of pyridine rings is 1. The number of hydrogen-bond donors (Lipinski definition) is 2. The Morgan fingerprint density at radius 3 is 2.48 bits per heavy atom. The van der Waals surface area contributed by atoms with E-state index in [9.17, 15) is 17.6 Å². The van der Waals surface area contributed by atoms with Gasteiger partial charge in [0, 0.05) is 17.1 Å². The van der Waals surface area contributed by atoms with Crippen LogP contribution in [0.15, 0.2) is 90.0 Å². The summed E-state index contributed by atoms with van der Waals surface area (Å²) in [4.78, 5) is 17.3. The Hall–Kier alpha value is -3.78. The van der Waals surface area contributed by atoms with Crippen molar-refractivity contribution in [3.8, 4) is 0 Å². The third-order valence-electron chi connectivity index (χ3n) is 5.30. The van der Waals surface area contributed by atoms with Crippen molar-refractivity contribution in [1.82, 2.24) is 10.3 Å². The van der Waals surface area contributed by atoms with Crippen LogP contribution in [0.5, 0.6) is 0 Å². The van der Waals surface area contributed by atoms with Gasteiger partial charge in [0.2, 0.25) is 0 Å². The first-order chi connectivity index (χ1) is 15.9. The first-order valence-electron chi connectivity index (χ1n) is 10.4. The molecule has 3 aromatic carbocycles. The minimum absolute atomic E-state index is 0.00797. The molecule has 1 atom stereocenters. The van der Waals surface area contributed by atoms with Gasteiger partial charge in [-0.1, -0.05) is 55.5 Å². The molecule has 1 aromatic heterocycles. The maximum Gasteiger partial charge on any atom is 0.264 e. The molecule has 0 spiro atoms. The summed E-state index contributed by atoms with van der Waals surface area (Å²) in [7, 11) is -4.04. The molecule has 4 rings (SSSR count). The number of nitrogens with one attached hydrogen (secondary N) is 2. The van der Waals surface area contributed by atoms with Crippen LogP contribution in [0.2, 0.25) is 0 Å². The van der Waals surface area contributed by atoms with Gasteiger partial charge in [0.05, 0.1) is 22.8 Å². The lowest BCUT2D eigenvalue weighted by molar-refractivity contribution is 0.0936. The van der Waals surface area contributed by atoms with Crippen molar-refractivity contribution in [3.63, 3.8) is 0 Å². The van der Waals surface area contributed by atoms with Crippen molar-refractivity contribution in [3.05, 3.63) is 102 Å². The van der Waals surface area contributed by atoms with E-state index in [1.54, 1.807) is 54.6 Å². The highest BCUT2D eigenvalue weighted by molar-refractivity contribution is 7.93. The van der Waals surface area contributed by atoms with E-state index in [-0.39, 0.29) is 16.1 Å². The van der Waals surface area contributed by atoms with Crippen molar-refractivity contribution in [2.75, 3.05) is 4.72 Å². The summed E-state index contributed by atoms with van der Waals surface area (Å²) >= 11 is 0. The zero-order valence-electron chi connectivity index (χ0n) is 17.8. The second kappa shape index (κ2) is 9.38. The Morgan fingerprint density at radius 2 is 1.70 bits per heavy atom. The van der Waals surface area contributed by atoms with Gasteiger partial charge in [-0.2, -0.15) is 0 Å². The van der Waals surface area contributed by atoms with E-state index in [0.29, 0.717) is 22.9 Å². The second-order valence-electron chi connectivity index (χ2n) is 7.44. The van der Waals surface area contributed by atoms with Gasteiger partial charge in [-0.3, -0.25) is 14.5 Å². The molecule has 8 heteroatoms. The lowest BCUT2D eigenvalue weighted by atomic mass is 10.0. The fraction of sp³-hybridized carbons (Fsp3) is 0.120. The molecule has 1 amide bonds. The van der Waals surface area contributed by atoms with Crippen LogP contribution in [0.25, 0.3) is 10.9 Å². The topological polar surface area (TPSA) is 88.2 Å². The normalized spacial score (nSPS) is 12.3. The number of halogens is 1. The number of nitrogens with zero attached hydrogens (tertiary/aromatic N) is 1. The molecule has 0 bridgehead atoms. The molecule has 0 saturated heterocycles. The first-order valence-corrected chi connectivity index (χ1v) is 11.9. The van der Waals surface area contributed by atoms with E-state index in [2.05, 4.69) is 15.0 Å². The maximum atomic E-state index is 14.2. The Kier molecular flexibility index (Phi) is 6.37. The van der Waals surface area contributed by atoms with Crippen LogP contribution in [0.1, 0.15) is 35.3 Å². The average Bonchev–Trinajstić information content (AvgIpc) is 2.82. The van der Waals surface area contributed by atoms with E-state index < -0.39 is 27.8 Å². The molecule has 33 heavy (non-hydrogen) atoms. The molecule has 0 saturated carbocycles. The van der Waals surface area contributed by atoms with Gasteiger partial charge < -0.3 is 5.32 Å². The molecule has 168 valence electrons. The van der Waals surface area contributed by atoms with Crippen molar-refractivity contribution in [1.29, 1.82) is 0 Å². The van der Waals surface area contributed by atoms with E-state index in [1.807, 2.05) is 6.92 Å². The zero-order chi connectivity index (χ0) is 23.4. The van der Waals surface area contributed by atoms with E-state index in [1.165, 1.54) is 30.5 Å². The summed E-state index contributed by atoms with van der Waals surface area (Å²) in [5.74, 6) is -0.929. The lowest BCUT2D eigenvalue weighted by Gasteiger charge is -2.19. The third kappa shape index (κ3) is 4.70. The summed E-state index contributed by atoms with van der Waals surface area (Å²) < 4.78 is 43.2. The largest absolute Gasteiger partial charge is 0.345 e. The smallest absolute Gasteiger partial charge is 0.264 e. The molecule has 6 nitrogen and oxygen atoms in total. The fourth-order valence-electron chi connectivity index (χ4n) is 3.66. The van der Waals surface area contributed by atoms with Gasteiger partial charge >= 0.3 is 0 Å². The number of anilines is 1. The zero-order valence-corrected chi connectivity index (χ0v) is 18.6. The van der Waals surface area contributed by atoms with Crippen LogP contribution in [0.4, 0.5) is 10.1 Å². The standard InChI is InChI=1S/C25H22FN3O3S/c1-2-21(18-11-3-5-13-20(18)26)28-25(30)19-12-4-6-14-22(19)29-33(31,32)23-15-7-9-17-10-8-16-27-24(17)23/h3-16,21,29H,2H2,1H3,(H,28,30). The van der Waals surface area contributed by atoms with Crippen LogP contribution in [0, 0.1) is 5.82 Å². The highest BCUT2D eigenvalue weighted by atomic mass is 32.2. The molecule has 1 heterocycles. The molecule has 2 N–H and O–H groups in total. The minimum atomic E-state index is -4.04. The molecule has 4 aromatic rings. The Balaban J connectivity index is 1.65. The number of sulfonamides is 1. The SMILES string of the molecule is CCC(NC(=O)c1ccccc1NS(=O)(=O)c1cccc2cccnc12)c1ccccc1F.